The van der Waals surface area contributed by atoms with Gasteiger partial charge in [0.15, 0.2) is 0 Å². The predicted molar refractivity (Wildman–Crippen MR) is 162 cm³/mol. The van der Waals surface area contributed by atoms with Crippen LogP contribution in [-0.2, 0) is 30.2 Å². The number of esters is 1. The highest BCUT2D eigenvalue weighted by atomic mass is 32.1. The number of fused-ring (bicyclic) bond motifs is 1. The topological polar surface area (TPSA) is 185 Å². The number of carbonyl (C=O) groups is 2. The van der Waals surface area contributed by atoms with Gasteiger partial charge in [-0.2, -0.15) is 0 Å². The second-order valence-electron chi connectivity index (χ2n) is 12.7. The summed E-state index contributed by atoms with van der Waals surface area (Å²) in [5.74, 6) is -1.75. The van der Waals surface area contributed by atoms with Crippen molar-refractivity contribution in [1.82, 2.24) is 10.1 Å². The number of aromatic nitrogens is 1. The summed E-state index contributed by atoms with van der Waals surface area (Å²) in [5, 5.41) is 26.9. The molecule has 13 heteroatoms. The summed E-state index contributed by atoms with van der Waals surface area (Å²) < 4.78 is 24.0. The molecule has 2 aliphatic heterocycles. The summed E-state index contributed by atoms with van der Waals surface area (Å²) in [4.78, 5) is 40.8. The number of carbonyl (C=O) groups excluding carboxylic acids is 2. The van der Waals surface area contributed by atoms with Gasteiger partial charge in [-0.1, -0.05) is 34.1 Å². The van der Waals surface area contributed by atoms with Crippen molar-refractivity contribution in [2.75, 3.05) is 12.7 Å². The van der Waals surface area contributed by atoms with E-state index in [0.29, 0.717) is 17.1 Å². The number of ketones is 1. The molecule has 11 nitrogen and oxygen atoms in total. The molecular formula is C29H48N3O8PS. The van der Waals surface area contributed by atoms with Crippen molar-refractivity contribution in [3.8, 4) is 0 Å². The fourth-order valence-corrected chi connectivity index (χ4v) is 7.24. The Kier molecular flexibility index (Phi) is 11.7. The number of ether oxygens (including phenoxy) is 2. The third kappa shape index (κ3) is 9.01. The Bertz CT molecular complexity index is 1190. The molecule has 0 spiro atoms. The lowest BCUT2D eigenvalue weighted by Gasteiger charge is -2.34. The van der Waals surface area contributed by atoms with Gasteiger partial charge < -0.3 is 30.3 Å². The second-order valence-corrected chi connectivity index (χ2v) is 15.8. The normalized spacial score (nSPS) is 34.8. The van der Waals surface area contributed by atoms with Crippen LogP contribution in [0.1, 0.15) is 84.3 Å². The quantitative estimate of drug-likeness (QED) is 0.169. The van der Waals surface area contributed by atoms with E-state index in [-0.39, 0.29) is 49.1 Å². The van der Waals surface area contributed by atoms with E-state index in [1.807, 2.05) is 32.2 Å². The number of aliphatic hydroxyl groups excluding tert-OH is 2. The van der Waals surface area contributed by atoms with Gasteiger partial charge in [0.1, 0.15) is 16.9 Å². The Morgan fingerprint density at radius 3 is 2.64 bits per heavy atom. The van der Waals surface area contributed by atoms with Crippen LogP contribution in [0, 0.1) is 17.3 Å². The molecule has 3 heterocycles. The molecule has 0 bridgehead atoms. The van der Waals surface area contributed by atoms with Crippen molar-refractivity contribution in [3.63, 3.8) is 0 Å². The maximum Gasteiger partial charge on any atom is 0.309 e. The van der Waals surface area contributed by atoms with E-state index in [4.69, 9.17) is 15.2 Å². The van der Waals surface area contributed by atoms with Gasteiger partial charge in [-0.3, -0.25) is 14.2 Å². The monoisotopic (exact) mass is 629 g/mol. The van der Waals surface area contributed by atoms with E-state index in [1.54, 1.807) is 20.8 Å². The maximum absolute atomic E-state index is 13.3. The summed E-state index contributed by atoms with van der Waals surface area (Å²) >= 11 is 1.34. The summed E-state index contributed by atoms with van der Waals surface area (Å²) in [6.45, 7) is 10.9. The van der Waals surface area contributed by atoms with E-state index in [0.717, 1.165) is 24.8 Å². The molecule has 2 fully saturated rings. The first-order chi connectivity index (χ1) is 19.5. The highest BCUT2D eigenvalue weighted by Crippen LogP contribution is 2.45. The number of cyclic esters (lactones) is 1. The van der Waals surface area contributed by atoms with Crippen LogP contribution in [0.4, 0.5) is 0 Å². The van der Waals surface area contributed by atoms with Gasteiger partial charge in [-0.15, -0.1) is 11.3 Å². The number of nitrogens with zero attached hydrogens (tertiary/aromatic N) is 1. The predicted octanol–water partition coefficient (Wildman–Crippen LogP) is 3.40. The smallest absolute Gasteiger partial charge is 0.309 e. The van der Waals surface area contributed by atoms with Crippen molar-refractivity contribution in [1.29, 1.82) is 0 Å². The molecule has 3 rings (SSSR count). The molecule has 0 aliphatic carbocycles. The summed E-state index contributed by atoms with van der Waals surface area (Å²) in [7, 11) is -3.53. The number of hydrogen-bond acceptors (Lipinski definition) is 10. The van der Waals surface area contributed by atoms with Crippen LogP contribution in [0.25, 0.3) is 6.08 Å². The molecule has 1 aromatic heterocycles. The Morgan fingerprint density at radius 1 is 1.29 bits per heavy atom. The number of rotatable bonds is 7. The van der Waals surface area contributed by atoms with E-state index >= 15 is 0 Å². The zero-order valence-corrected chi connectivity index (χ0v) is 27.2. The number of epoxide rings is 1. The third-order valence-corrected chi connectivity index (χ3v) is 11.2. The van der Waals surface area contributed by atoms with Gasteiger partial charge >= 0.3 is 5.97 Å². The Balaban J connectivity index is 1.80. The minimum absolute atomic E-state index is 0.0283. The van der Waals surface area contributed by atoms with Crippen LogP contribution < -0.4 is 10.8 Å². The van der Waals surface area contributed by atoms with Gasteiger partial charge in [-0.05, 0) is 44.3 Å². The Labute approximate surface area is 252 Å². The standard InChI is InChI=1S/C29H48N3O8PS/c1-17-8-7-9-29(6)23(40-29)13-21(39-25(34)14-22(33)28(4,5)27(36)19(3)26(17)35)18(2)12-20-16-42-24(32-20)15-31-41(37,38)11-10-30/h12,16-17,19,21-23,26,33,35H,7-11,13-15,30H2,1-6H3,(H2,31,37,38)/b18-12+/t17?,19-,21+,22?,23+,26+,29-/m1/s1. The van der Waals surface area contributed by atoms with Crippen molar-refractivity contribution >= 4 is 36.7 Å². The number of nitrogens with one attached hydrogen (secondary N) is 1. The number of thiazole rings is 1. The molecule has 0 aromatic carbocycles. The third-order valence-electron chi connectivity index (χ3n) is 8.77. The van der Waals surface area contributed by atoms with Crippen molar-refractivity contribution < 1.29 is 38.7 Å². The molecule has 0 saturated carbocycles. The molecule has 8 atom stereocenters. The molecule has 2 aliphatic rings. The van der Waals surface area contributed by atoms with Crippen LogP contribution in [0.2, 0.25) is 0 Å². The zero-order valence-electron chi connectivity index (χ0n) is 25.5. The van der Waals surface area contributed by atoms with Crippen LogP contribution in [0.5, 0.6) is 0 Å². The van der Waals surface area contributed by atoms with Gasteiger partial charge in [0.25, 0.3) is 7.52 Å². The van der Waals surface area contributed by atoms with Gasteiger partial charge in [-0.25, -0.2) is 10.1 Å². The van der Waals surface area contributed by atoms with Crippen molar-refractivity contribution in [3.05, 3.63) is 21.7 Å². The van der Waals surface area contributed by atoms with Gasteiger partial charge in [0, 0.05) is 24.3 Å². The van der Waals surface area contributed by atoms with Crippen molar-refractivity contribution in [2.45, 2.75) is 110 Å². The molecule has 2 saturated heterocycles. The first-order valence-electron chi connectivity index (χ1n) is 14.7. The minimum atomic E-state index is -3.53. The number of nitrogens with two attached hydrogens (primary N) is 1. The maximum atomic E-state index is 13.3. The summed E-state index contributed by atoms with van der Waals surface area (Å²) in [6, 6.07) is 0. The first-order valence-corrected chi connectivity index (χ1v) is 17.4. The van der Waals surface area contributed by atoms with E-state index in [9.17, 15) is 29.3 Å². The zero-order chi connectivity index (χ0) is 31.5. The summed E-state index contributed by atoms with van der Waals surface area (Å²) in [5.41, 5.74) is 5.11. The van der Waals surface area contributed by atoms with E-state index in [2.05, 4.69) is 10.1 Å². The highest BCUT2D eigenvalue weighted by Gasteiger charge is 2.53. The lowest BCUT2D eigenvalue weighted by molar-refractivity contribution is -0.154. The average molecular weight is 630 g/mol. The SMILES string of the molecule is C/C(=C\c1csc(CNP(=O)(O)CCN)n1)[C@@H]1C[C@@H]2O[C@]2(C)CCCC(C)[C@H](O)[C@@H](C)C(=O)C(C)(C)C(O)CC(=O)O1. The molecule has 0 radical (unpaired) electrons. The molecule has 3 unspecified atom stereocenters. The lowest BCUT2D eigenvalue weighted by Crippen LogP contribution is -2.45. The Hall–Kier alpha value is -1.50. The average Bonchev–Trinajstić information content (AvgIpc) is 3.31. The number of aliphatic hydroxyl groups is 2. The second kappa shape index (κ2) is 14.1. The summed E-state index contributed by atoms with van der Waals surface area (Å²) in [6.07, 6.45) is 1.20. The number of Topliss-reactive ketones (excluding diaryl/α,β-unsaturated/α-hetero) is 1. The van der Waals surface area contributed by atoms with Crippen LogP contribution in [0.3, 0.4) is 0 Å². The highest BCUT2D eigenvalue weighted by molar-refractivity contribution is 7.55. The van der Waals surface area contributed by atoms with E-state index in [1.165, 1.54) is 11.3 Å². The van der Waals surface area contributed by atoms with Crippen LogP contribution in [0.15, 0.2) is 11.0 Å². The molecule has 6 N–H and O–H groups in total. The Morgan fingerprint density at radius 2 is 1.98 bits per heavy atom. The molecule has 238 valence electrons. The van der Waals surface area contributed by atoms with Crippen molar-refractivity contribution in [2.24, 2.45) is 23.0 Å². The fourth-order valence-electron chi connectivity index (χ4n) is 5.54. The molecule has 42 heavy (non-hydrogen) atoms. The van der Waals surface area contributed by atoms with Crippen LogP contribution >= 0.6 is 18.9 Å². The molecule has 1 aromatic rings. The van der Waals surface area contributed by atoms with Gasteiger partial charge in [0.2, 0.25) is 0 Å². The lowest BCUT2D eigenvalue weighted by atomic mass is 9.73. The largest absolute Gasteiger partial charge is 0.458 e. The molecule has 0 amide bonds. The van der Waals surface area contributed by atoms with Crippen LogP contribution in [-0.4, -0.2) is 74.6 Å². The minimum Gasteiger partial charge on any atom is -0.458 e. The first kappa shape index (κ1) is 35.0. The number of hydrogen-bond donors (Lipinski definition) is 5. The fraction of sp³-hybridized carbons (Fsp3) is 0.759. The van der Waals surface area contributed by atoms with Gasteiger partial charge in [0.05, 0.1) is 54.1 Å². The van der Waals surface area contributed by atoms with E-state index < -0.39 is 43.1 Å². The molecular weight excluding hydrogens is 581 g/mol.